The van der Waals surface area contributed by atoms with Gasteiger partial charge in [0.2, 0.25) is 0 Å². The van der Waals surface area contributed by atoms with Crippen LogP contribution in [0.4, 0.5) is 0 Å². The van der Waals surface area contributed by atoms with Gasteiger partial charge in [-0.15, -0.1) is 0 Å². The molecule has 2 aromatic rings. The minimum absolute atomic E-state index is 0.00931. The third-order valence-corrected chi connectivity index (χ3v) is 4.27. The molecule has 1 aromatic carbocycles. The summed E-state index contributed by atoms with van der Waals surface area (Å²) in [5.74, 6) is 0.602. The average molecular weight is 407 g/mol. The van der Waals surface area contributed by atoms with Crippen LogP contribution in [0.5, 0.6) is 5.75 Å². The fourth-order valence-corrected chi connectivity index (χ4v) is 2.75. The maximum absolute atomic E-state index is 11.8. The number of carbonyl (C=O) groups is 1. The van der Waals surface area contributed by atoms with Crippen molar-refractivity contribution < 1.29 is 9.53 Å². The number of pyridine rings is 1. The van der Waals surface area contributed by atoms with Gasteiger partial charge in [0.25, 0.3) is 11.5 Å². The van der Waals surface area contributed by atoms with E-state index in [9.17, 15) is 9.59 Å². The summed E-state index contributed by atoms with van der Waals surface area (Å²) in [4.78, 5) is 23.5. The molecule has 1 N–H and O–H groups in total. The number of rotatable bonds is 8. The normalized spacial score (nSPS) is 10.5. The first kappa shape index (κ1) is 19.2. The summed E-state index contributed by atoms with van der Waals surface area (Å²) in [6, 6.07) is 9.19. The molecule has 0 radical (unpaired) electrons. The van der Waals surface area contributed by atoms with Gasteiger partial charge in [0, 0.05) is 29.8 Å². The Hall–Kier alpha value is -2.08. The fraction of sp³-hybridized carbons (Fsp3) is 0.368. The summed E-state index contributed by atoms with van der Waals surface area (Å²) < 4.78 is 8.11. The van der Waals surface area contributed by atoms with Gasteiger partial charge >= 0.3 is 0 Å². The molecule has 5 nitrogen and oxygen atoms in total. The van der Waals surface area contributed by atoms with Crippen LogP contribution < -0.4 is 15.6 Å². The molecule has 1 heterocycles. The molecule has 0 fully saturated rings. The van der Waals surface area contributed by atoms with Crippen LogP contribution in [0.25, 0.3) is 0 Å². The Bertz CT molecular complexity index is 786. The molecule has 25 heavy (non-hydrogen) atoms. The van der Waals surface area contributed by atoms with Gasteiger partial charge in [0.1, 0.15) is 5.75 Å². The quantitative estimate of drug-likeness (QED) is 0.684. The Kier molecular flexibility index (Phi) is 7.25. The Labute approximate surface area is 156 Å². The van der Waals surface area contributed by atoms with Crippen molar-refractivity contribution in [2.45, 2.75) is 33.2 Å². The van der Waals surface area contributed by atoms with Gasteiger partial charge in [-0.05, 0) is 65.9 Å². The van der Waals surface area contributed by atoms with E-state index in [4.69, 9.17) is 4.74 Å². The Balaban J connectivity index is 1.66. The van der Waals surface area contributed by atoms with E-state index >= 15 is 0 Å². The zero-order valence-corrected chi connectivity index (χ0v) is 16.1. The summed E-state index contributed by atoms with van der Waals surface area (Å²) in [6.07, 6.45) is 3.39. The lowest BCUT2D eigenvalue weighted by molar-refractivity contribution is -0.123. The van der Waals surface area contributed by atoms with E-state index in [2.05, 4.69) is 21.2 Å². The van der Waals surface area contributed by atoms with Gasteiger partial charge in [0.15, 0.2) is 6.61 Å². The van der Waals surface area contributed by atoms with Gasteiger partial charge in [-0.2, -0.15) is 0 Å². The highest BCUT2D eigenvalue weighted by Crippen LogP contribution is 2.18. The molecule has 0 bridgehead atoms. The Morgan fingerprint density at radius 2 is 2.00 bits per heavy atom. The van der Waals surface area contributed by atoms with Gasteiger partial charge in [-0.1, -0.05) is 12.1 Å². The molecule has 0 aliphatic heterocycles. The number of carbonyl (C=O) groups excluding carboxylic acids is 1. The molecule has 0 aliphatic rings. The molecule has 134 valence electrons. The van der Waals surface area contributed by atoms with Crippen LogP contribution >= 0.6 is 15.9 Å². The Morgan fingerprint density at radius 3 is 2.80 bits per heavy atom. The lowest BCUT2D eigenvalue weighted by Crippen LogP contribution is -2.30. The van der Waals surface area contributed by atoms with Crippen molar-refractivity contribution in [1.29, 1.82) is 0 Å². The summed E-state index contributed by atoms with van der Waals surface area (Å²) >= 11 is 3.35. The smallest absolute Gasteiger partial charge is 0.257 e. The highest BCUT2D eigenvalue weighted by Gasteiger charge is 2.05. The molecular weight excluding hydrogens is 384 g/mol. The number of nitrogens with zero attached hydrogens (tertiary/aromatic N) is 1. The molecule has 0 atom stereocenters. The predicted molar refractivity (Wildman–Crippen MR) is 102 cm³/mol. The van der Waals surface area contributed by atoms with Crippen LogP contribution in [0.15, 0.2) is 45.8 Å². The minimum Gasteiger partial charge on any atom is -0.483 e. The lowest BCUT2D eigenvalue weighted by Gasteiger charge is -2.10. The third kappa shape index (κ3) is 6.38. The van der Waals surface area contributed by atoms with Gasteiger partial charge in [-0.3, -0.25) is 9.59 Å². The highest BCUT2D eigenvalue weighted by molar-refractivity contribution is 9.10. The van der Waals surface area contributed by atoms with Crippen molar-refractivity contribution >= 4 is 21.8 Å². The van der Waals surface area contributed by atoms with Crippen LogP contribution in [-0.4, -0.2) is 23.6 Å². The first-order valence-electron chi connectivity index (χ1n) is 8.28. The van der Waals surface area contributed by atoms with Crippen molar-refractivity contribution in [3.05, 3.63) is 62.5 Å². The first-order chi connectivity index (χ1) is 12.0. The number of unbranched alkanes of at least 4 members (excludes halogenated alkanes) is 1. The van der Waals surface area contributed by atoms with Crippen LogP contribution in [0, 0.1) is 13.8 Å². The van der Waals surface area contributed by atoms with Gasteiger partial charge in [-0.25, -0.2) is 0 Å². The van der Waals surface area contributed by atoms with E-state index in [-0.39, 0.29) is 18.1 Å². The lowest BCUT2D eigenvalue weighted by atomic mass is 10.1. The number of aryl methyl sites for hydroxylation is 3. The minimum atomic E-state index is -0.138. The van der Waals surface area contributed by atoms with E-state index in [1.807, 2.05) is 32.0 Å². The van der Waals surface area contributed by atoms with Crippen LogP contribution in [-0.2, 0) is 11.3 Å². The average Bonchev–Trinajstić information content (AvgIpc) is 2.58. The van der Waals surface area contributed by atoms with Gasteiger partial charge in [0.05, 0.1) is 0 Å². The number of amides is 1. The zero-order chi connectivity index (χ0) is 18.2. The number of halogens is 1. The molecule has 0 unspecified atom stereocenters. The second kappa shape index (κ2) is 9.42. The number of benzene rings is 1. The number of aromatic nitrogens is 1. The molecule has 2 rings (SSSR count). The number of hydrogen-bond donors (Lipinski definition) is 1. The van der Waals surface area contributed by atoms with Crippen molar-refractivity contribution in [3.63, 3.8) is 0 Å². The van der Waals surface area contributed by atoms with E-state index in [0.717, 1.165) is 34.2 Å². The SMILES string of the molecule is Cc1ccc(C)c(OCC(=O)NCCCCn2cc(Br)ccc2=O)c1. The summed E-state index contributed by atoms with van der Waals surface area (Å²) in [5.41, 5.74) is 2.09. The number of hydrogen-bond acceptors (Lipinski definition) is 3. The van der Waals surface area contributed by atoms with E-state index in [0.29, 0.717) is 13.1 Å². The monoisotopic (exact) mass is 406 g/mol. The summed E-state index contributed by atoms with van der Waals surface area (Å²) in [7, 11) is 0. The van der Waals surface area contributed by atoms with Crippen molar-refractivity contribution in [3.8, 4) is 5.75 Å². The fourth-order valence-electron chi connectivity index (χ4n) is 2.37. The van der Waals surface area contributed by atoms with Crippen molar-refractivity contribution in [1.82, 2.24) is 9.88 Å². The van der Waals surface area contributed by atoms with Gasteiger partial charge < -0.3 is 14.6 Å². The van der Waals surface area contributed by atoms with Crippen LogP contribution in [0.1, 0.15) is 24.0 Å². The van der Waals surface area contributed by atoms with E-state index in [1.165, 1.54) is 6.07 Å². The van der Waals surface area contributed by atoms with Crippen molar-refractivity contribution in [2.75, 3.05) is 13.2 Å². The topological polar surface area (TPSA) is 60.3 Å². The molecule has 0 aliphatic carbocycles. The van der Waals surface area contributed by atoms with Crippen LogP contribution in [0.2, 0.25) is 0 Å². The second-order valence-corrected chi connectivity index (χ2v) is 6.91. The molecular formula is C19H23BrN2O3. The molecule has 0 saturated carbocycles. The van der Waals surface area contributed by atoms with E-state index < -0.39 is 0 Å². The maximum Gasteiger partial charge on any atom is 0.257 e. The second-order valence-electron chi connectivity index (χ2n) is 5.99. The van der Waals surface area contributed by atoms with E-state index in [1.54, 1.807) is 16.8 Å². The number of nitrogens with one attached hydrogen (secondary N) is 1. The maximum atomic E-state index is 11.8. The highest BCUT2D eigenvalue weighted by atomic mass is 79.9. The van der Waals surface area contributed by atoms with Crippen LogP contribution in [0.3, 0.4) is 0 Å². The molecule has 1 amide bonds. The number of ether oxygens (including phenoxy) is 1. The van der Waals surface area contributed by atoms with Crippen molar-refractivity contribution in [2.24, 2.45) is 0 Å². The standard InChI is InChI=1S/C19H23BrN2O3/c1-14-5-6-15(2)17(11-14)25-13-18(23)21-9-3-4-10-22-12-16(20)7-8-19(22)24/h5-8,11-12H,3-4,9-10,13H2,1-2H3,(H,21,23). The molecule has 0 saturated heterocycles. The zero-order valence-electron chi connectivity index (χ0n) is 14.5. The first-order valence-corrected chi connectivity index (χ1v) is 9.08. The molecule has 0 spiro atoms. The Morgan fingerprint density at radius 1 is 1.20 bits per heavy atom. The summed E-state index contributed by atoms with van der Waals surface area (Å²) in [6.45, 7) is 5.15. The summed E-state index contributed by atoms with van der Waals surface area (Å²) in [5, 5.41) is 2.84. The largest absolute Gasteiger partial charge is 0.483 e. The molecule has 1 aromatic heterocycles. The third-order valence-electron chi connectivity index (χ3n) is 3.80. The predicted octanol–water partition coefficient (Wildman–Crippen LogP) is 3.20. The molecule has 6 heteroatoms.